The van der Waals surface area contributed by atoms with Crippen LogP contribution in [0.1, 0.15) is 29.8 Å². The summed E-state index contributed by atoms with van der Waals surface area (Å²) in [5.41, 5.74) is 2.98. The maximum atomic E-state index is 13.1. The fourth-order valence-corrected chi connectivity index (χ4v) is 4.28. The molecule has 9 heteroatoms. The number of halogens is 2. The minimum atomic E-state index is -0.532. The average molecular weight is 483 g/mol. The Morgan fingerprint density at radius 2 is 1.79 bits per heavy atom. The number of carbonyl (C=O) groups is 1. The van der Waals surface area contributed by atoms with Gasteiger partial charge in [-0.1, -0.05) is 59.6 Å². The minimum Gasteiger partial charge on any atom is -0.271 e. The van der Waals surface area contributed by atoms with Crippen molar-refractivity contribution in [1.29, 1.82) is 0 Å². The highest BCUT2D eigenvalue weighted by Crippen LogP contribution is 2.37. The molecule has 7 nitrogen and oxygen atoms in total. The first-order valence-corrected chi connectivity index (χ1v) is 10.9. The minimum absolute atomic E-state index is 0.0105. The van der Waals surface area contributed by atoms with Crippen LogP contribution in [0.5, 0.6) is 0 Å². The molecule has 168 valence electrons. The van der Waals surface area contributed by atoms with Crippen molar-refractivity contribution in [1.82, 2.24) is 9.91 Å². The third-order valence-electron chi connectivity index (χ3n) is 5.39. The van der Waals surface area contributed by atoms with Gasteiger partial charge in [0, 0.05) is 34.3 Å². The van der Waals surface area contributed by atoms with E-state index in [1.807, 2.05) is 35.2 Å². The lowest BCUT2D eigenvalue weighted by Gasteiger charge is -2.28. The number of nitro groups is 1. The molecule has 1 fully saturated rings. The Bertz CT molecular complexity index is 1220. The molecule has 1 aliphatic heterocycles. The smallest absolute Gasteiger partial charge is 0.269 e. The second-order valence-corrected chi connectivity index (χ2v) is 8.50. The molecule has 0 N–H and O–H groups in total. The SMILES string of the molecule is C/C(=N/N1C(=O)CN(Cc2ccccc2)[C@@H]1c1ccc(Cl)cc1Cl)c1ccc([N+](=O)[O-])cc1. The molecule has 0 aliphatic carbocycles. The number of non-ortho nitro benzene ring substituents is 1. The molecule has 0 aromatic heterocycles. The van der Waals surface area contributed by atoms with Crippen molar-refractivity contribution >= 4 is 40.5 Å². The third-order valence-corrected chi connectivity index (χ3v) is 5.96. The first-order valence-electron chi connectivity index (χ1n) is 10.2. The number of nitrogens with zero attached hydrogens (tertiary/aromatic N) is 4. The molecule has 0 bridgehead atoms. The molecule has 0 saturated carbocycles. The van der Waals surface area contributed by atoms with Crippen LogP contribution in [0.3, 0.4) is 0 Å². The van der Waals surface area contributed by atoms with Crippen molar-refractivity contribution < 1.29 is 9.72 Å². The second kappa shape index (κ2) is 9.70. The molecule has 0 radical (unpaired) electrons. The maximum Gasteiger partial charge on any atom is 0.269 e. The highest BCUT2D eigenvalue weighted by atomic mass is 35.5. The molecule has 0 unspecified atom stereocenters. The zero-order chi connectivity index (χ0) is 23.5. The standard InChI is InChI=1S/C24H20Cl2N4O3/c1-16(18-7-10-20(11-8-18)30(32)33)27-29-23(31)15-28(14-17-5-3-2-4-6-17)24(29)21-12-9-19(25)13-22(21)26/h2-13,24H,14-15H2,1H3/b27-16-/t24-/m0/s1. The Morgan fingerprint density at radius 3 is 2.42 bits per heavy atom. The number of hydrogen-bond donors (Lipinski definition) is 0. The lowest BCUT2D eigenvalue weighted by molar-refractivity contribution is -0.384. The van der Waals surface area contributed by atoms with Gasteiger partial charge in [0.25, 0.3) is 11.6 Å². The summed E-state index contributed by atoms with van der Waals surface area (Å²) in [4.78, 5) is 25.5. The van der Waals surface area contributed by atoms with E-state index in [1.54, 1.807) is 37.3 Å². The number of hydrazone groups is 1. The summed E-state index contributed by atoms with van der Waals surface area (Å²) in [6.07, 6.45) is -0.532. The molecule has 1 amide bonds. The molecule has 1 atom stereocenters. The van der Waals surface area contributed by atoms with Gasteiger partial charge in [-0.15, -0.1) is 0 Å². The van der Waals surface area contributed by atoms with Gasteiger partial charge in [0.1, 0.15) is 6.17 Å². The van der Waals surface area contributed by atoms with Crippen molar-refractivity contribution in [3.05, 3.63) is 110 Å². The number of carbonyl (C=O) groups excluding carboxylic acids is 1. The van der Waals surface area contributed by atoms with Crippen LogP contribution in [-0.2, 0) is 11.3 Å². The Morgan fingerprint density at radius 1 is 1.09 bits per heavy atom. The van der Waals surface area contributed by atoms with Crippen LogP contribution in [0, 0.1) is 10.1 Å². The van der Waals surface area contributed by atoms with Gasteiger partial charge in [-0.25, -0.2) is 5.01 Å². The van der Waals surface area contributed by atoms with Gasteiger partial charge in [-0.2, -0.15) is 5.10 Å². The topological polar surface area (TPSA) is 79.0 Å². The zero-order valence-corrected chi connectivity index (χ0v) is 19.2. The largest absolute Gasteiger partial charge is 0.271 e. The quantitative estimate of drug-likeness (QED) is 0.257. The average Bonchev–Trinajstić information content (AvgIpc) is 3.09. The Balaban J connectivity index is 1.71. The lowest BCUT2D eigenvalue weighted by Crippen LogP contribution is -2.29. The second-order valence-electron chi connectivity index (χ2n) is 7.66. The van der Waals surface area contributed by atoms with E-state index in [-0.39, 0.29) is 18.1 Å². The summed E-state index contributed by atoms with van der Waals surface area (Å²) in [6.45, 7) is 2.45. The van der Waals surface area contributed by atoms with E-state index in [0.29, 0.717) is 33.4 Å². The number of benzene rings is 3. The van der Waals surface area contributed by atoms with Crippen molar-refractivity contribution in [2.45, 2.75) is 19.6 Å². The van der Waals surface area contributed by atoms with Gasteiger partial charge in [0.2, 0.25) is 0 Å². The van der Waals surface area contributed by atoms with Crippen molar-refractivity contribution in [2.24, 2.45) is 5.10 Å². The monoisotopic (exact) mass is 482 g/mol. The van der Waals surface area contributed by atoms with Crippen LogP contribution < -0.4 is 0 Å². The highest BCUT2D eigenvalue weighted by Gasteiger charge is 2.40. The molecule has 1 saturated heterocycles. The number of nitro benzene ring substituents is 1. The van der Waals surface area contributed by atoms with E-state index in [9.17, 15) is 14.9 Å². The molecule has 0 spiro atoms. The summed E-state index contributed by atoms with van der Waals surface area (Å²) < 4.78 is 0. The molecular formula is C24H20Cl2N4O3. The summed E-state index contributed by atoms with van der Waals surface area (Å²) in [5.74, 6) is -0.178. The van der Waals surface area contributed by atoms with Crippen LogP contribution in [-0.4, -0.2) is 33.0 Å². The summed E-state index contributed by atoms with van der Waals surface area (Å²) in [7, 11) is 0. The number of hydrogen-bond acceptors (Lipinski definition) is 5. The molecule has 3 aromatic carbocycles. The molecular weight excluding hydrogens is 463 g/mol. The van der Waals surface area contributed by atoms with E-state index >= 15 is 0 Å². The van der Waals surface area contributed by atoms with E-state index in [0.717, 1.165) is 5.56 Å². The first kappa shape index (κ1) is 22.9. The fourth-order valence-electron chi connectivity index (χ4n) is 3.78. The van der Waals surface area contributed by atoms with Crippen LogP contribution >= 0.6 is 23.2 Å². The molecule has 1 heterocycles. The van der Waals surface area contributed by atoms with Crippen LogP contribution in [0.2, 0.25) is 10.0 Å². The number of rotatable bonds is 6. The Kier molecular flexibility index (Phi) is 6.74. The van der Waals surface area contributed by atoms with Gasteiger partial charge in [0.15, 0.2) is 0 Å². The van der Waals surface area contributed by atoms with Crippen LogP contribution in [0.4, 0.5) is 5.69 Å². The lowest BCUT2D eigenvalue weighted by atomic mass is 10.1. The normalized spacial score (nSPS) is 16.9. The van der Waals surface area contributed by atoms with Crippen molar-refractivity contribution in [3.8, 4) is 0 Å². The van der Waals surface area contributed by atoms with Gasteiger partial charge in [-0.05, 0) is 42.3 Å². The van der Waals surface area contributed by atoms with E-state index in [4.69, 9.17) is 23.2 Å². The first-order chi connectivity index (χ1) is 15.8. The Hall–Kier alpha value is -3.26. The van der Waals surface area contributed by atoms with Gasteiger partial charge < -0.3 is 0 Å². The van der Waals surface area contributed by atoms with Crippen molar-refractivity contribution in [2.75, 3.05) is 6.54 Å². The fraction of sp³-hybridized carbons (Fsp3) is 0.167. The number of amides is 1. The molecule has 33 heavy (non-hydrogen) atoms. The van der Waals surface area contributed by atoms with Crippen LogP contribution in [0.15, 0.2) is 77.9 Å². The van der Waals surface area contributed by atoms with Crippen molar-refractivity contribution in [3.63, 3.8) is 0 Å². The van der Waals surface area contributed by atoms with Gasteiger partial charge in [-0.3, -0.25) is 19.8 Å². The Labute approximate surface area is 201 Å². The van der Waals surface area contributed by atoms with E-state index < -0.39 is 11.1 Å². The van der Waals surface area contributed by atoms with E-state index in [2.05, 4.69) is 5.10 Å². The molecule has 3 aromatic rings. The third kappa shape index (κ3) is 5.06. The van der Waals surface area contributed by atoms with Gasteiger partial charge >= 0.3 is 0 Å². The highest BCUT2D eigenvalue weighted by molar-refractivity contribution is 6.35. The molecule has 1 aliphatic rings. The van der Waals surface area contributed by atoms with Gasteiger partial charge in [0.05, 0.1) is 17.2 Å². The summed E-state index contributed by atoms with van der Waals surface area (Å²) >= 11 is 12.6. The zero-order valence-electron chi connectivity index (χ0n) is 17.7. The predicted octanol–water partition coefficient (Wildman–Crippen LogP) is 5.67. The maximum absolute atomic E-state index is 13.1. The summed E-state index contributed by atoms with van der Waals surface area (Å²) in [5, 5.41) is 17.9. The predicted molar refractivity (Wildman–Crippen MR) is 128 cm³/mol. The molecule has 4 rings (SSSR count). The van der Waals surface area contributed by atoms with Crippen LogP contribution in [0.25, 0.3) is 0 Å². The summed E-state index contributed by atoms with van der Waals surface area (Å²) in [6, 6.07) is 21.1. The van der Waals surface area contributed by atoms with E-state index in [1.165, 1.54) is 17.1 Å².